The molecule has 0 aliphatic rings. The first kappa shape index (κ1) is 20.0. The summed E-state index contributed by atoms with van der Waals surface area (Å²) in [5, 5.41) is 9.08. The van der Waals surface area contributed by atoms with Crippen molar-refractivity contribution in [3.63, 3.8) is 0 Å². The first-order chi connectivity index (χ1) is 11.1. The number of rotatable bonds is 8. The van der Waals surface area contributed by atoms with Crippen LogP contribution in [-0.4, -0.2) is 29.3 Å². The molecule has 0 saturated carbocycles. The quantitative estimate of drug-likeness (QED) is 0.726. The molecule has 0 aromatic heterocycles. The Bertz CT molecular complexity index is 540. The molecule has 0 amide bonds. The van der Waals surface area contributed by atoms with Gasteiger partial charge in [0, 0.05) is 0 Å². The zero-order chi connectivity index (χ0) is 18.3. The van der Waals surface area contributed by atoms with E-state index in [-0.39, 0.29) is 6.42 Å². The summed E-state index contributed by atoms with van der Waals surface area (Å²) in [5.74, 6) is -1.12. The van der Waals surface area contributed by atoms with E-state index in [9.17, 15) is 9.59 Å². The van der Waals surface area contributed by atoms with Gasteiger partial charge in [0.25, 0.3) is 0 Å². The molecule has 1 aromatic rings. The predicted molar refractivity (Wildman–Crippen MR) is 92.2 cm³/mol. The van der Waals surface area contributed by atoms with E-state index in [1.165, 1.54) is 0 Å². The zero-order valence-corrected chi connectivity index (χ0v) is 15.2. The molecule has 0 saturated heterocycles. The number of esters is 1. The number of carbonyl (C=O) groups excluding carboxylic acids is 1. The molecule has 0 fully saturated rings. The number of hydrogen-bond donors (Lipinski definition) is 1. The SMILES string of the molecule is CC(C)CCOc1ccc(C(CC(=O)O)C(=O)OC(C)(C)C)cc1. The molecule has 0 heterocycles. The van der Waals surface area contributed by atoms with Crippen LogP contribution < -0.4 is 4.74 Å². The lowest BCUT2D eigenvalue weighted by molar-refractivity contribution is -0.159. The summed E-state index contributed by atoms with van der Waals surface area (Å²) in [6.45, 7) is 10.2. The minimum atomic E-state index is -1.04. The van der Waals surface area contributed by atoms with Gasteiger partial charge in [-0.15, -0.1) is 0 Å². The van der Waals surface area contributed by atoms with Crippen LogP contribution in [-0.2, 0) is 14.3 Å². The third-order valence-electron chi connectivity index (χ3n) is 3.32. The number of aliphatic carboxylic acids is 1. The van der Waals surface area contributed by atoms with Crippen molar-refractivity contribution in [2.45, 2.75) is 59.0 Å². The Morgan fingerprint density at radius 3 is 2.17 bits per heavy atom. The van der Waals surface area contributed by atoms with Gasteiger partial charge in [-0.3, -0.25) is 9.59 Å². The van der Waals surface area contributed by atoms with Gasteiger partial charge < -0.3 is 14.6 Å². The van der Waals surface area contributed by atoms with Crippen LogP contribution in [0.15, 0.2) is 24.3 Å². The summed E-state index contributed by atoms with van der Waals surface area (Å²) in [5.41, 5.74) is -0.0452. The molecule has 1 aromatic carbocycles. The monoisotopic (exact) mass is 336 g/mol. The van der Waals surface area contributed by atoms with Crippen LogP contribution in [0.1, 0.15) is 58.9 Å². The highest BCUT2D eigenvalue weighted by Gasteiger charge is 2.28. The van der Waals surface area contributed by atoms with Crippen molar-refractivity contribution in [3.05, 3.63) is 29.8 Å². The van der Waals surface area contributed by atoms with Crippen LogP contribution in [0.2, 0.25) is 0 Å². The van der Waals surface area contributed by atoms with E-state index >= 15 is 0 Å². The van der Waals surface area contributed by atoms with Crippen LogP contribution in [0.5, 0.6) is 5.75 Å². The van der Waals surface area contributed by atoms with Gasteiger partial charge in [-0.2, -0.15) is 0 Å². The van der Waals surface area contributed by atoms with E-state index in [2.05, 4.69) is 13.8 Å². The number of carbonyl (C=O) groups is 2. The Balaban J connectivity index is 2.83. The van der Waals surface area contributed by atoms with E-state index in [4.69, 9.17) is 14.6 Å². The fourth-order valence-electron chi connectivity index (χ4n) is 2.09. The van der Waals surface area contributed by atoms with Crippen LogP contribution in [0.3, 0.4) is 0 Å². The van der Waals surface area contributed by atoms with Crippen LogP contribution in [0, 0.1) is 5.92 Å². The summed E-state index contributed by atoms with van der Waals surface area (Å²) in [6.07, 6.45) is 0.657. The lowest BCUT2D eigenvalue weighted by atomic mass is 9.95. The standard InChI is InChI=1S/C19H28O5/c1-13(2)10-11-23-15-8-6-14(7-9-15)16(12-17(20)21)18(22)24-19(3,4)5/h6-9,13,16H,10-12H2,1-5H3,(H,20,21). The normalized spacial score (nSPS) is 12.8. The second-order valence-electron chi connectivity index (χ2n) is 7.28. The van der Waals surface area contributed by atoms with Crippen LogP contribution >= 0.6 is 0 Å². The highest BCUT2D eigenvalue weighted by atomic mass is 16.6. The zero-order valence-electron chi connectivity index (χ0n) is 15.2. The van der Waals surface area contributed by atoms with Crippen molar-refractivity contribution >= 4 is 11.9 Å². The van der Waals surface area contributed by atoms with Crippen molar-refractivity contribution in [1.29, 1.82) is 0 Å². The van der Waals surface area contributed by atoms with Gasteiger partial charge in [-0.25, -0.2) is 0 Å². The van der Waals surface area contributed by atoms with E-state index in [0.717, 1.165) is 6.42 Å². The van der Waals surface area contributed by atoms with E-state index in [1.807, 2.05) is 0 Å². The molecular weight excluding hydrogens is 308 g/mol. The smallest absolute Gasteiger partial charge is 0.314 e. The molecule has 24 heavy (non-hydrogen) atoms. The Hall–Kier alpha value is -2.04. The second-order valence-corrected chi connectivity index (χ2v) is 7.28. The average molecular weight is 336 g/mol. The molecule has 0 bridgehead atoms. The average Bonchev–Trinajstić information content (AvgIpc) is 2.43. The Kier molecular flexibility index (Phi) is 7.26. The highest BCUT2D eigenvalue weighted by molar-refractivity contribution is 5.84. The Labute approximate surface area is 144 Å². The van der Waals surface area contributed by atoms with Gasteiger partial charge >= 0.3 is 11.9 Å². The summed E-state index contributed by atoms with van der Waals surface area (Å²) in [7, 11) is 0. The third-order valence-corrected chi connectivity index (χ3v) is 3.32. The first-order valence-corrected chi connectivity index (χ1v) is 8.26. The van der Waals surface area contributed by atoms with Crippen molar-refractivity contribution in [3.8, 4) is 5.75 Å². The highest BCUT2D eigenvalue weighted by Crippen LogP contribution is 2.26. The molecule has 1 atom stereocenters. The molecule has 1 rings (SSSR count). The Morgan fingerprint density at radius 2 is 1.71 bits per heavy atom. The van der Waals surface area contributed by atoms with Gasteiger partial charge in [0.15, 0.2) is 0 Å². The van der Waals surface area contributed by atoms with E-state index in [1.54, 1.807) is 45.0 Å². The molecule has 0 aliphatic carbocycles. The number of carboxylic acid groups (broad SMARTS) is 1. The maximum Gasteiger partial charge on any atom is 0.314 e. The van der Waals surface area contributed by atoms with Gasteiger partial charge in [0.05, 0.1) is 18.9 Å². The number of benzene rings is 1. The second kappa shape index (κ2) is 8.71. The molecular formula is C19H28O5. The Morgan fingerprint density at radius 1 is 1.12 bits per heavy atom. The van der Waals surface area contributed by atoms with Gasteiger partial charge in [0.1, 0.15) is 11.4 Å². The summed E-state index contributed by atoms with van der Waals surface area (Å²) in [6, 6.07) is 6.97. The summed E-state index contributed by atoms with van der Waals surface area (Å²) in [4.78, 5) is 23.4. The minimum Gasteiger partial charge on any atom is -0.494 e. The number of carboxylic acids is 1. The molecule has 134 valence electrons. The maximum atomic E-state index is 12.3. The summed E-state index contributed by atoms with van der Waals surface area (Å²) < 4.78 is 11.0. The number of ether oxygens (including phenoxy) is 2. The van der Waals surface area contributed by atoms with Crippen molar-refractivity contribution in [2.24, 2.45) is 5.92 Å². The van der Waals surface area contributed by atoms with Crippen LogP contribution in [0.4, 0.5) is 0 Å². The maximum absolute atomic E-state index is 12.3. The lowest BCUT2D eigenvalue weighted by Gasteiger charge is -2.23. The molecule has 5 heteroatoms. The van der Waals surface area contributed by atoms with E-state index in [0.29, 0.717) is 23.8 Å². The van der Waals surface area contributed by atoms with Gasteiger partial charge in [-0.05, 0) is 50.8 Å². The van der Waals surface area contributed by atoms with Gasteiger partial charge in [-0.1, -0.05) is 26.0 Å². The predicted octanol–water partition coefficient (Wildman–Crippen LogP) is 4.01. The fraction of sp³-hybridized carbons (Fsp3) is 0.579. The van der Waals surface area contributed by atoms with Crippen molar-refractivity contribution in [2.75, 3.05) is 6.61 Å². The van der Waals surface area contributed by atoms with Crippen molar-refractivity contribution < 1.29 is 24.2 Å². The molecule has 0 aliphatic heterocycles. The lowest BCUT2D eigenvalue weighted by Crippen LogP contribution is -2.28. The molecule has 5 nitrogen and oxygen atoms in total. The molecule has 1 unspecified atom stereocenters. The molecule has 0 spiro atoms. The van der Waals surface area contributed by atoms with Crippen LogP contribution in [0.25, 0.3) is 0 Å². The largest absolute Gasteiger partial charge is 0.494 e. The molecule has 0 radical (unpaired) electrons. The summed E-state index contributed by atoms with van der Waals surface area (Å²) >= 11 is 0. The first-order valence-electron chi connectivity index (χ1n) is 8.26. The van der Waals surface area contributed by atoms with E-state index < -0.39 is 23.5 Å². The van der Waals surface area contributed by atoms with Crippen molar-refractivity contribution in [1.82, 2.24) is 0 Å². The fourth-order valence-corrected chi connectivity index (χ4v) is 2.09. The third kappa shape index (κ3) is 7.49. The van der Waals surface area contributed by atoms with Gasteiger partial charge in [0.2, 0.25) is 0 Å². The topological polar surface area (TPSA) is 72.8 Å². The number of hydrogen-bond acceptors (Lipinski definition) is 4. The minimum absolute atomic E-state index is 0.303. The molecule has 1 N–H and O–H groups in total.